The molecule has 0 spiro atoms. The molecule has 0 radical (unpaired) electrons. The molecule has 4 nitrogen and oxygen atoms in total. The van der Waals surface area contributed by atoms with Crippen LogP contribution in [0.25, 0.3) is 0 Å². The lowest BCUT2D eigenvalue weighted by Crippen LogP contribution is -2.34. The standard InChI is InChI=1S/C16H21NO3/c1-2-20-15(18)10-11-17(16(19)14-8-9-14)12-13-6-4-3-5-7-13/h3-7,14H,2,8-12H2,1H3. The first-order valence-corrected chi connectivity index (χ1v) is 7.19. The predicted octanol–water partition coefficient (Wildman–Crippen LogP) is 2.38. The Morgan fingerprint density at radius 1 is 1.25 bits per heavy atom. The van der Waals surface area contributed by atoms with Gasteiger partial charge in [0.15, 0.2) is 0 Å². The molecule has 0 aromatic heterocycles. The Balaban J connectivity index is 1.93. The van der Waals surface area contributed by atoms with Crippen molar-refractivity contribution in [3.05, 3.63) is 35.9 Å². The van der Waals surface area contributed by atoms with Crippen LogP contribution in [0.1, 0.15) is 31.7 Å². The first kappa shape index (κ1) is 14.6. The van der Waals surface area contributed by atoms with Gasteiger partial charge in [0.1, 0.15) is 0 Å². The van der Waals surface area contributed by atoms with E-state index < -0.39 is 0 Å². The molecule has 1 aromatic carbocycles. The molecule has 1 saturated carbocycles. The summed E-state index contributed by atoms with van der Waals surface area (Å²) in [4.78, 5) is 25.5. The Morgan fingerprint density at radius 2 is 1.95 bits per heavy atom. The van der Waals surface area contributed by atoms with E-state index in [9.17, 15) is 9.59 Å². The van der Waals surface area contributed by atoms with Crippen LogP contribution in [0.5, 0.6) is 0 Å². The van der Waals surface area contributed by atoms with Crippen LogP contribution in [0.3, 0.4) is 0 Å². The van der Waals surface area contributed by atoms with Gasteiger partial charge >= 0.3 is 5.97 Å². The van der Waals surface area contributed by atoms with Crippen LogP contribution in [0.4, 0.5) is 0 Å². The number of ether oxygens (including phenoxy) is 1. The number of hydrogen-bond acceptors (Lipinski definition) is 3. The monoisotopic (exact) mass is 275 g/mol. The first-order chi connectivity index (χ1) is 9.70. The third kappa shape index (κ3) is 4.37. The van der Waals surface area contributed by atoms with Crippen LogP contribution in [-0.4, -0.2) is 29.9 Å². The van der Waals surface area contributed by atoms with Crippen molar-refractivity contribution in [2.24, 2.45) is 5.92 Å². The fraction of sp³-hybridized carbons (Fsp3) is 0.500. The van der Waals surface area contributed by atoms with E-state index >= 15 is 0 Å². The van der Waals surface area contributed by atoms with Crippen molar-refractivity contribution in [1.29, 1.82) is 0 Å². The number of carbonyl (C=O) groups excluding carboxylic acids is 2. The molecule has 1 aliphatic rings. The molecule has 0 unspecified atom stereocenters. The maximum Gasteiger partial charge on any atom is 0.307 e. The van der Waals surface area contributed by atoms with Gasteiger partial charge in [-0.1, -0.05) is 30.3 Å². The molecule has 0 heterocycles. The number of benzene rings is 1. The van der Waals surface area contributed by atoms with E-state index in [-0.39, 0.29) is 24.2 Å². The lowest BCUT2D eigenvalue weighted by molar-refractivity contribution is -0.144. The molecule has 0 saturated heterocycles. The highest BCUT2D eigenvalue weighted by molar-refractivity contribution is 5.81. The zero-order valence-electron chi connectivity index (χ0n) is 11.9. The average molecular weight is 275 g/mol. The molecular formula is C16H21NO3. The number of carbonyl (C=O) groups is 2. The van der Waals surface area contributed by atoms with Gasteiger partial charge in [0.25, 0.3) is 0 Å². The molecule has 1 aliphatic carbocycles. The van der Waals surface area contributed by atoms with Crippen molar-refractivity contribution in [2.75, 3.05) is 13.2 Å². The molecule has 0 aliphatic heterocycles. The molecule has 0 atom stereocenters. The van der Waals surface area contributed by atoms with Crippen LogP contribution in [0.15, 0.2) is 30.3 Å². The molecular weight excluding hydrogens is 254 g/mol. The van der Waals surface area contributed by atoms with Crippen molar-refractivity contribution in [1.82, 2.24) is 4.90 Å². The van der Waals surface area contributed by atoms with Gasteiger partial charge in [-0.2, -0.15) is 0 Å². The maximum atomic E-state index is 12.3. The molecule has 0 bridgehead atoms. The highest BCUT2D eigenvalue weighted by Crippen LogP contribution is 2.31. The minimum atomic E-state index is -0.242. The minimum Gasteiger partial charge on any atom is -0.466 e. The van der Waals surface area contributed by atoms with Crippen LogP contribution in [-0.2, 0) is 20.9 Å². The van der Waals surface area contributed by atoms with Crippen molar-refractivity contribution in [3.8, 4) is 0 Å². The number of nitrogens with zero attached hydrogens (tertiary/aromatic N) is 1. The van der Waals surface area contributed by atoms with E-state index in [0.29, 0.717) is 19.7 Å². The van der Waals surface area contributed by atoms with E-state index in [4.69, 9.17) is 4.74 Å². The van der Waals surface area contributed by atoms with Crippen LogP contribution >= 0.6 is 0 Å². The van der Waals surface area contributed by atoms with E-state index in [2.05, 4.69) is 0 Å². The molecule has 4 heteroatoms. The summed E-state index contributed by atoms with van der Waals surface area (Å²) in [5.41, 5.74) is 1.09. The van der Waals surface area contributed by atoms with Crippen molar-refractivity contribution >= 4 is 11.9 Å². The number of rotatable bonds is 7. The molecule has 1 amide bonds. The lowest BCUT2D eigenvalue weighted by Gasteiger charge is -2.22. The van der Waals surface area contributed by atoms with E-state index in [1.165, 1.54) is 0 Å². The summed E-state index contributed by atoms with van der Waals surface area (Å²) in [6, 6.07) is 9.87. The SMILES string of the molecule is CCOC(=O)CCN(Cc1ccccc1)C(=O)C1CC1. The van der Waals surface area contributed by atoms with Gasteiger partial charge in [0.05, 0.1) is 13.0 Å². The number of amides is 1. The Bertz CT molecular complexity index is 454. The summed E-state index contributed by atoms with van der Waals surface area (Å²) < 4.78 is 4.92. The first-order valence-electron chi connectivity index (χ1n) is 7.19. The summed E-state index contributed by atoms with van der Waals surface area (Å²) in [5.74, 6) is 0.0909. The van der Waals surface area contributed by atoms with E-state index in [0.717, 1.165) is 18.4 Å². The molecule has 1 fully saturated rings. The van der Waals surface area contributed by atoms with Crippen molar-refractivity contribution in [3.63, 3.8) is 0 Å². The average Bonchev–Trinajstić information content (AvgIpc) is 3.28. The molecule has 108 valence electrons. The fourth-order valence-corrected chi connectivity index (χ4v) is 2.12. The van der Waals surface area contributed by atoms with E-state index in [1.54, 1.807) is 11.8 Å². The zero-order chi connectivity index (χ0) is 14.4. The molecule has 2 rings (SSSR count). The fourth-order valence-electron chi connectivity index (χ4n) is 2.12. The number of esters is 1. The van der Waals surface area contributed by atoms with Gasteiger partial charge in [-0.05, 0) is 25.3 Å². The molecule has 0 N–H and O–H groups in total. The van der Waals surface area contributed by atoms with Gasteiger partial charge in [-0.15, -0.1) is 0 Å². The highest BCUT2D eigenvalue weighted by Gasteiger charge is 2.33. The van der Waals surface area contributed by atoms with Gasteiger partial charge in [0, 0.05) is 19.0 Å². The summed E-state index contributed by atoms with van der Waals surface area (Å²) >= 11 is 0. The third-order valence-electron chi connectivity index (χ3n) is 3.35. The van der Waals surface area contributed by atoms with Gasteiger partial charge < -0.3 is 9.64 Å². The smallest absolute Gasteiger partial charge is 0.307 e. The quantitative estimate of drug-likeness (QED) is 0.718. The summed E-state index contributed by atoms with van der Waals surface area (Å²) in [7, 11) is 0. The Kier molecular flexibility index (Phi) is 5.16. The zero-order valence-corrected chi connectivity index (χ0v) is 11.9. The lowest BCUT2D eigenvalue weighted by atomic mass is 10.2. The summed E-state index contributed by atoms with van der Waals surface area (Å²) in [6.07, 6.45) is 2.21. The highest BCUT2D eigenvalue weighted by atomic mass is 16.5. The van der Waals surface area contributed by atoms with Crippen LogP contribution in [0, 0.1) is 5.92 Å². The van der Waals surface area contributed by atoms with Gasteiger partial charge in [-0.25, -0.2) is 0 Å². The largest absolute Gasteiger partial charge is 0.466 e. The second-order valence-electron chi connectivity index (χ2n) is 5.07. The van der Waals surface area contributed by atoms with E-state index in [1.807, 2.05) is 30.3 Å². The van der Waals surface area contributed by atoms with Crippen LogP contribution < -0.4 is 0 Å². The Hall–Kier alpha value is -1.84. The Morgan fingerprint density at radius 3 is 2.55 bits per heavy atom. The van der Waals surface area contributed by atoms with Crippen molar-refractivity contribution < 1.29 is 14.3 Å². The molecule has 1 aromatic rings. The number of hydrogen-bond donors (Lipinski definition) is 0. The third-order valence-corrected chi connectivity index (χ3v) is 3.35. The maximum absolute atomic E-state index is 12.3. The van der Waals surface area contributed by atoms with Crippen molar-refractivity contribution in [2.45, 2.75) is 32.7 Å². The second kappa shape index (κ2) is 7.08. The van der Waals surface area contributed by atoms with Crippen LogP contribution in [0.2, 0.25) is 0 Å². The second-order valence-corrected chi connectivity index (χ2v) is 5.07. The minimum absolute atomic E-state index is 0.165. The summed E-state index contributed by atoms with van der Waals surface area (Å²) in [5, 5.41) is 0. The summed E-state index contributed by atoms with van der Waals surface area (Å²) in [6.45, 7) is 3.17. The normalized spacial score (nSPS) is 13.8. The molecule has 20 heavy (non-hydrogen) atoms. The van der Waals surface area contributed by atoms with Gasteiger partial charge in [-0.3, -0.25) is 9.59 Å². The predicted molar refractivity (Wildman–Crippen MR) is 75.8 cm³/mol. The Labute approximate surface area is 119 Å². The topological polar surface area (TPSA) is 46.6 Å². The van der Waals surface area contributed by atoms with Gasteiger partial charge in [0.2, 0.25) is 5.91 Å².